The molecular formula is C24H54AlN3. The lowest BCUT2D eigenvalue weighted by Crippen LogP contribution is -2.81. The molecule has 0 saturated heterocycles. The average Bonchev–Trinajstić information content (AvgIpc) is 2.13. The largest absolute Gasteiger partial charge is 0.611 e. The van der Waals surface area contributed by atoms with Gasteiger partial charge < -0.3 is 11.7 Å². The summed E-state index contributed by atoms with van der Waals surface area (Å²) in [6.45, 7) is 43.1. The Kier molecular flexibility index (Phi) is 8.28. The molecule has 0 amide bonds. The Bertz CT molecular complexity index is 381. The van der Waals surface area contributed by atoms with Crippen LogP contribution in [0.1, 0.15) is 125 Å². The predicted octanol–water partition coefficient (Wildman–Crippen LogP) is 6.67. The van der Waals surface area contributed by atoms with E-state index in [9.17, 15) is 0 Å². The molecule has 0 N–H and O–H groups in total. The van der Waals surface area contributed by atoms with Crippen molar-refractivity contribution in [3.05, 3.63) is 0 Å². The molecular weight excluding hydrogens is 357 g/mol. The highest BCUT2D eigenvalue weighted by molar-refractivity contribution is 6.51. The van der Waals surface area contributed by atoms with E-state index in [1.54, 1.807) is 0 Å². The summed E-state index contributed by atoms with van der Waals surface area (Å²) in [5.74, 6) is 0. The van der Waals surface area contributed by atoms with Crippen molar-refractivity contribution in [1.29, 1.82) is 0 Å². The van der Waals surface area contributed by atoms with Crippen molar-refractivity contribution in [2.75, 3.05) is 0 Å². The van der Waals surface area contributed by atoms with Gasteiger partial charge in [0.2, 0.25) is 0 Å². The van der Waals surface area contributed by atoms with Crippen molar-refractivity contribution in [2.24, 2.45) is 0 Å². The average molecular weight is 412 g/mol. The van der Waals surface area contributed by atoms with E-state index in [-0.39, 0.29) is 33.2 Å². The van der Waals surface area contributed by atoms with Crippen molar-refractivity contribution >= 4 is 14.8 Å². The van der Waals surface area contributed by atoms with E-state index in [0.29, 0.717) is 0 Å². The Hall–Kier alpha value is 0.412. The number of hydrogen-bond acceptors (Lipinski definition) is 3. The molecule has 0 rings (SSSR count). The molecule has 0 spiro atoms. The van der Waals surface area contributed by atoms with Gasteiger partial charge in [0.15, 0.2) is 0 Å². The van der Waals surface area contributed by atoms with Crippen LogP contribution in [0.5, 0.6) is 0 Å². The molecule has 0 heterocycles. The summed E-state index contributed by atoms with van der Waals surface area (Å²) in [5.41, 5.74) is 0.409. The summed E-state index contributed by atoms with van der Waals surface area (Å²) >= 11 is -1.83. The van der Waals surface area contributed by atoms with E-state index in [1.165, 1.54) is 0 Å². The van der Waals surface area contributed by atoms with Crippen molar-refractivity contribution < 1.29 is 0 Å². The lowest BCUT2D eigenvalue weighted by Gasteiger charge is -2.63. The van der Waals surface area contributed by atoms with Crippen LogP contribution < -0.4 is 0 Å². The highest BCUT2D eigenvalue weighted by Crippen LogP contribution is 2.40. The van der Waals surface area contributed by atoms with Crippen LogP contribution in [0.3, 0.4) is 0 Å². The first-order valence-electron chi connectivity index (χ1n) is 11.1. The molecule has 0 fully saturated rings. The Labute approximate surface area is 184 Å². The molecule has 0 unspecified atom stereocenters. The van der Waals surface area contributed by atoms with Crippen LogP contribution in [0, 0.1) is 0 Å². The molecule has 0 aromatic heterocycles. The second-order valence-corrected chi connectivity index (χ2v) is 16.7. The predicted molar refractivity (Wildman–Crippen MR) is 130 cm³/mol. The van der Waals surface area contributed by atoms with E-state index in [1.807, 2.05) is 0 Å². The summed E-state index contributed by atoms with van der Waals surface area (Å²) in [5, 5.41) is 0. The molecule has 0 aliphatic rings. The lowest BCUT2D eigenvalue weighted by atomic mass is 10.0. The zero-order valence-electron chi connectivity index (χ0n) is 22.9. The SMILES string of the molecule is CC(C)(C)[N]([Al]([N](C(C)(C)C)C(C)(C)C)[N](C(C)(C)C)C(C)(C)C)C(C)(C)C. The van der Waals surface area contributed by atoms with Crippen LogP contribution in [-0.4, -0.2) is 59.7 Å². The topological polar surface area (TPSA) is 9.72 Å². The van der Waals surface area contributed by atoms with Gasteiger partial charge in [-0.05, 0) is 158 Å². The number of hydrogen-bond donors (Lipinski definition) is 0. The fourth-order valence-electron chi connectivity index (χ4n) is 5.44. The normalized spacial score (nSPS) is 15.8. The maximum Gasteiger partial charge on any atom is 0.611 e. The fourth-order valence-corrected chi connectivity index (χ4v) is 10.3. The standard InChI is InChI=1S/3C8H18N.Al/c3*1-7(2,3)9-8(4,5)6;/h3*1-6H3;/q3*-1;+3. The van der Waals surface area contributed by atoms with E-state index in [4.69, 9.17) is 0 Å². The zero-order chi connectivity index (χ0) is 23.3. The van der Waals surface area contributed by atoms with Gasteiger partial charge in [-0.25, -0.2) is 0 Å². The van der Waals surface area contributed by atoms with Gasteiger partial charge in [-0.2, -0.15) is 0 Å². The van der Waals surface area contributed by atoms with Gasteiger partial charge in [0.05, 0.1) is 0 Å². The maximum absolute atomic E-state index is 2.87. The molecule has 28 heavy (non-hydrogen) atoms. The first-order valence-corrected chi connectivity index (χ1v) is 12.7. The third-order valence-electron chi connectivity index (χ3n) is 5.03. The Morgan fingerprint density at radius 2 is 0.393 bits per heavy atom. The van der Waals surface area contributed by atoms with Crippen molar-refractivity contribution in [3.8, 4) is 0 Å². The Morgan fingerprint density at radius 3 is 0.464 bits per heavy atom. The molecule has 0 aliphatic heterocycles. The second kappa shape index (κ2) is 8.16. The van der Waals surface area contributed by atoms with Crippen molar-refractivity contribution in [2.45, 2.75) is 158 Å². The summed E-state index contributed by atoms with van der Waals surface area (Å²) in [7, 11) is 0. The van der Waals surface area contributed by atoms with Gasteiger partial charge in [-0.3, -0.25) is 0 Å². The van der Waals surface area contributed by atoms with E-state index >= 15 is 0 Å². The molecule has 0 radical (unpaired) electrons. The van der Waals surface area contributed by atoms with Crippen LogP contribution >= 0.6 is 0 Å². The first kappa shape index (κ1) is 28.4. The van der Waals surface area contributed by atoms with Crippen LogP contribution in [0.4, 0.5) is 0 Å². The molecule has 0 aromatic carbocycles. The van der Waals surface area contributed by atoms with E-state index in [2.05, 4.69) is 136 Å². The Balaban J connectivity index is 7.30. The summed E-state index contributed by atoms with van der Waals surface area (Å²) in [4.78, 5) is 0. The van der Waals surface area contributed by atoms with Crippen LogP contribution in [0.15, 0.2) is 0 Å². The van der Waals surface area contributed by atoms with E-state index < -0.39 is 14.8 Å². The molecule has 3 nitrogen and oxygen atoms in total. The van der Waals surface area contributed by atoms with Crippen LogP contribution in [0.25, 0.3) is 0 Å². The Morgan fingerprint density at radius 1 is 0.286 bits per heavy atom. The van der Waals surface area contributed by atoms with Gasteiger partial charge in [0.1, 0.15) is 0 Å². The van der Waals surface area contributed by atoms with Gasteiger partial charge in [-0.1, -0.05) is 0 Å². The lowest BCUT2D eigenvalue weighted by molar-refractivity contribution is 0.00823. The van der Waals surface area contributed by atoms with Gasteiger partial charge >= 0.3 is 14.8 Å². The molecule has 0 atom stereocenters. The molecule has 0 aliphatic carbocycles. The minimum Gasteiger partial charge on any atom is -0.348 e. The van der Waals surface area contributed by atoms with Crippen LogP contribution in [-0.2, 0) is 0 Å². The van der Waals surface area contributed by atoms with E-state index in [0.717, 1.165) is 0 Å². The third-order valence-corrected chi connectivity index (χ3v) is 11.1. The maximum atomic E-state index is 2.87. The van der Waals surface area contributed by atoms with Gasteiger partial charge in [0, 0.05) is 0 Å². The highest BCUT2D eigenvalue weighted by Gasteiger charge is 2.59. The minimum absolute atomic E-state index is 0.0681. The smallest absolute Gasteiger partial charge is 0.348 e. The second-order valence-electron chi connectivity index (χ2n) is 14.5. The quantitative estimate of drug-likeness (QED) is 0.480. The van der Waals surface area contributed by atoms with Crippen LogP contribution in [0.2, 0.25) is 0 Å². The molecule has 0 bridgehead atoms. The summed E-state index contributed by atoms with van der Waals surface area (Å²) < 4.78 is 8.60. The minimum atomic E-state index is -1.83. The first-order chi connectivity index (χ1) is 11.7. The molecule has 4 heteroatoms. The van der Waals surface area contributed by atoms with Crippen molar-refractivity contribution in [1.82, 2.24) is 11.7 Å². The molecule has 0 aromatic rings. The molecule has 168 valence electrons. The molecule has 0 saturated carbocycles. The van der Waals surface area contributed by atoms with Crippen molar-refractivity contribution in [3.63, 3.8) is 0 Å². The fraction of sp³-hybridized carbons (Fsp3) is 1.00. The summed E-state index contributed by atoms with van der Waals surface area (Å²) in [6, 6.07) is 0. The zero-order valence-corrected chi connectivity index (χ0v) is 24.1. The monoisotopic (exact) mass is 411 g/mol. The third kappa shape index (κ3) is 7.28. The number of nitrogens with zero attached hydrogens (tertiary/aromatic N) is 3. The van der Waals surface area contributed by atoms with Gasteiger partial charge in [-0.15, -0.1) is 0 Å². The van der Waals surface area contributed by atoms with Gasteiger partial charge in [0.25, 0.3) is 0 Å². The summed E-state index contributed by atoms with van der Waals surface area (Å²) in [6.07, 6.45) is 0. The number of rotatable bonds is 3. The highest BCUT2D eigenvalue weighted by atomic mass is 27.2.